The van der Waals surface area contributed by atoms with Crippen LogP contribution >= 0.6 is 0 Å². The third-order valence-electron chi connectivity index (χ3n) is 8.02. The molecule has 0 bridgehead atoms. The minimum Gasteiger partial charge on any atom is -0.478 e. The maximum absolute atomic E-state index is 13.1. The molecule has 2 amide bonds. The van der Waals surface area contributed by atoms with Crippen LogP contribution in [0.1, 0.15) is 18.4 Å². The van der Waals surface area contributed by atoms with Gasteiger partial charge in [-0.3, -0.25) is 19.4 Å². The predicted octanol–water partition coefficient (Wildman–Crippen LogP) is 2.20. The number of carboxylic acids is 4. The van der Waals surface area contributed by atoms with Crippen LogP contribution in [0.2, 0.25) is 0 Å². The molecule has 280 valence electrons. The fourth-order valence-electron chi connectivity index (χ4n) is 5.59. The molecule has 1 aromatic carbocycles. The minimum absolute atomic E-state index is 0.0794. The molecule has 2 fully saturated rings. The number of anilines is 1. The van der Waals surface area contributed by atoms with E-state index in [1.165, 1.54) is 11.0 Å². The molecule has 5 rings (SSSR count). The Morgan fingerprint density at radius 3 is 1.68 bits per heavy atom. The fourth-order valence-corrected chi connectivity index (χ4v) is 5.59. The van der Waals surface area contributed by atoms with Crippen molar-refractivity contribution in [3.63, 3.8) is 0 Å². The number of carbonyl (C=O) groups excluding carboxylic acids is 3. The molecule has 1 aromatic heterocycles. The van der Waals surface area contributed by atoms with E-state index in [1.807, 2.05) is 60.7 Å². The Balaban J connectivity index is 0.000000395. The van der Waals surface area contributed by atoms with E-state index in [0.717, 1.165) is 37.6 Å². The predicted molar refractivity (Wildman–Crippen MR) is 189 cm³/mol. The summed E-state index contributed by atoms with van der Waals surface area (Å²) < 4.78 is 5.84. The Hall–Kier alpha value is -6.42. The third kappa shape index (κ3) is 14.4. The fraction of sp³-hybridized carbons (Fsp3) is 0.297. The lowest BCUT2D eigenvalue weighted by molar-refractivity contribution is -0.151. The van der Waals surface area contributed by atoms with Gasteiger partial charge in [0.1, 0.15) is 11.9 Å². The standard InChI is InChI=1S/C29H32N4O4.2C4H4O4/c34-27(14-13-22-8-2-1-3-9-22)37-23(21-33-28(35)24-10-4-5-11-25(24)29(33)36)20-31-16-18-32(19-17-31)26-12-6-7-15-30-26;2*5-3(6)1-2-4(7)8/h1-9,12-15,23-25H,10-11,16-21H2;2*1-2H,(H,5,6)(H,7,8)/b;2*2-1-/t23?,24-,25+;;. The number of pyridine rings is 1. The maximum Gasteiger partial charge on any atom is 0.331 e. The third-order valence-corrected chi connectivity index (χ3v) is 8.02. The SMILES string of the molecule is O=C(C=Cc1ccccc1)OC(CN1CCN(c2ccccn2)CC1)CN1C(=O)[C@H]2CC=CC[C@H]2C1=O.O=C(O)/C=C\C(=O)O.O=C(O)/C=C\C(=O)O. The number of ether oxygens (including phenoxy) is 1. The summed E-state index contributed by atoms with van der Waals surface area (Å²) >= 11 is 0. The van der Waals surface area contributed by atoms with Crippen LogP contribution < -0.4 is 4.90 Å². The number of aliphatic carboxylic acids is 4. The van der Waals surface area contributed by atoms with Crippen LogP contribution in [-0.2, 0) is 38.3 Å². The number of aromatic nitrogens is 1. The quantitative estimate of drug-likeness (QED) is 0.106. The van der Waals surface area contributed by atoms with Crippen molar-refractivity contribution >= 4 is 53.6 Å². The van der Waals surface area contributed by atoms with Gasteiger partial charge in [-0.25, -0.2) is 29.0 Å². The van der Waals surface area contributed by atoms with Crippen LogP contribution in [-0.4, -0.2) is 122 Å². The molecule has 0 radical (unpaired) electrons. The molecule has 53 heavy (non-hydrogen) atoms. The number of rotatable bonds is 12. The number of amides is 2. The van der Waals surface area contributed by atoms with Crippen LogP contribution in [0.25, 0.3) is 6.08 Å². The zero-order valence-electron chi connectivity index (χ0n) is 28.5. The molecule has 0 saturated carbocycles. The number of hydrogen-bond acceptors (Lipinski definition) is 11. The number of esters is 1. The second kappa shape index (κ2) is 21.1. The van der Waals surface area contributed by atoms with Gasteiger partial charge in [-0.2, -0.15) is 0 Å². The van der Waals surface area contributed by atoms with E-state index in [2.05, 4.69) is 14.8 Å². The van der Waals surface area contributed by atoms with Crippen molar-refractivity contribution in [3.8, 4) is 0 Å². The normalized spacial score (nSPS) is 18.9. The minimum atomic E-state index is -1.26. The molecule has 0 spiro atoms. The Kier molecular flexibility index (Phi) is 16.3. The Labute approximate surface area is 304 Å². The van der Waals surface area contributed by atoms with Gasteiger partial charge in [0.05, 0.1) is 18.4 Å². The van der Waals surface area contributed by atoms with Crippen LogP contribution in [0, 0.1) is 11.8 Å². The second-order valence-corrected chi connectivity index (χ2v) is 11.7. The molecule has 3 aliphatic rings. The molecule has 1 aliphatic carbocycles. The van der Waals surface area contributed by atoms with Crippen LogP contribution in [0.5, 0.6) is 0 Å². The van der Waals surface area contributed by atoms with Crippen molar-refractivity contribution < 1.29 is 58.7 Å². The van der Waals surface area contributed by atoms with E-state index in [0.29, 0.717) is 43.7 Å². The number of carboxylic acid groups (broad SMARTS) is 4. The first-order valence-electron chi connectivity index (χ1n) is 16.4. The summed E-state index contributed by atoms with van der Waals surface area (Å²) in [6.07, 6.45) is 11.6. The van der Waals surface area contributed by atoms with Gasteiger partial charge in [-0.1, -0.05) is 48.6 Å². The molecule has 16 heteroatoms. The highest BCUT2D eigenvalue weighted by atomic mass is 16.5. The number of hydrogen-bond donors (Lipinski definition) is 4. The summed E-state index contributed by atoms with van der Waals surface area (Å²) in [5.41, 5.74) is 0.892. The topological polar surface area (TPSA) is 232 Å². The molecule has 2 saturated heterocycles. The van der Waals surface area contributed by atoms with E-state index >= 15 is 0 Å². The lowest BCUT2D eigenvalue weighted by atomic mass is 9.85. The number of imide groups is 1. The summed E-state index contributed by atoms with van der Waals surface area (Å²) in [4.78, 5) is 87.3. The highest BCUT2D eigenvalue weighted by Gasteiger charge is 2.48. The summed E-state index contributed by atoms with van der Waals surface area (Å²) in [5, 5.41) is 31.2. The van der Waals surface area contributed by atoms with Crippen molar-refractivity contribution in [1.29, 1.82) is 0 Å². The monoisotopic (exact) mass is 732 g/mol. The molecule has 3 heterocycles. The average Bonchev–Trinajstić information content (AvgIpc) is 3.38. The van der Waals surface area contributed by atoms with Gasteiger partial charge in [-0.15, -0.1) is 0 Å². The van der Waals surface area contributed by atoms with E-state index in [9.17, 15) is 33.6 Å². The maximum atomic E-state index is 13.1. The summed E-state index contributed by atoms with van der Waals surface area (Å²) in [6.45, 7) is 3.65. The molecule has 1 unspecified atom stereocenters. The number of benzene rings is 1. The number of fused-ring (bicyclic) bond motifs is 1. The Morgan fingerprint density at radius 2 is 1.21 bits per heavy atom. The van der Waals surface area contributed by atoms with E-state index in [-0.39, 0.29) is 30.2 Å². The van der Waals surface area contributed by atoms with Crippen LogP contribution in [0.4, 0.5) is 5.82 Å². The molecule has 4 N–H and O–H groups in total. The van der Waals surface area contributed by atoms with Gasteiger partial charge in [0.25, 0.3) is 0 Å². The van der Waals surface area contributed by atoms with Gasteiger partial charge in [-0.05, 0) is 36.6 Å². The number of allylic oxidation sites excluding steroid dienone is 2. The zero-order valence-corrected chi connectivity index (χ0v) is 28.5. The first-order valence-corrected chi connectivity index (χ1v) is 16.4. The highest BCUT2D eigenvalue weighted by Crippen LogP contribution is 2.35. The highest BCUT2D eigenvalue weighted by molar-refractivity contribution is 6.05. The average molecular weight is 733 g/mol. The number of carbonyl (C=O) groups is 7. The van der Waals surface area contributed by atoms with E-state index in [1.54, 1.807) is 12.3 Å². The Bertz CT molecular complexity index is 1630. The van der Waals surface area contributed by atoms with Crippen molar-refractivity contribution in [3.05, 3.63) is 103 Å². The van der Waals surface area contributed by atoms with Gasteiger partial charge in [0.2, 0.25) is 11.8 Å². The summed E-state index contributed by atoms with van der Waals surface area (Å²) in [7, 11) is 0. The Morgan fingerprint density at radius 1 is 0.698 bits per heavy atom. The van der Waals surface area contributed by atoms with Crippen LogP contribution in [0.3, 0.4) is 0 Å². The number of nitrogens with zero attached hydrogens (tertiary/aromatic N) is 4. The first kappa shape index (κ1) is 41.0. The van der Waals surface area contributed by atoms with Gasteiger partial charge >= 0.3 is 29.8 Å². The number of piperazine rings is 1. The van der Waals surface area contributed by atoms with Crippen molar-refractivity contribution in [2.24, 2.45) is 11.8 Å². The summed E-state index contributed by atoms with van der Waals surface area (Å²) in [6, 6.07) is 15.4. The molecular formula is C37H40N4O12. The zero-order chi connectivity index (χ0) is 38.8. The van der Waals surface area contributed by atoms with E-state index < -0.39 is 36.0 Å². The van der Waals surface area contributed by atoms with Gasteiger partial charge in [0, 0.05) is 69.3 Å². The lowest BCUT2D eigenvalue weighted by Gasteiger charge is -2.37. The largest absolute Gasteiger partial charge is 0.478 e. The van der Waals surface area contributed by atoms with Crippen LogP contribution in [0.15, 0.2) is 97.3 Å². The van der Waals surface area contributed by atoms with Crippen molar-refractivity contribution in [1.82, 2.24) is 14.8 Å². The van der Waals surface area contributed by atoms with Crippen molar-refractivity contribution in [2.75, 3.05) is 44.2 Å². The number of likely N-dealkylation sites (tertiary alicyclic amines) is 1. The van der Waals surface area contributed by atoms with Gasteiger partial charge < -0.3 is 30.1 Å². The lowest BCUT2D eigenvalue weighted by Crippen LogP contribution is -2.51. The molecule has 2 aromatic rings. The molecule has 3 atom stereocenters. The molecular weight excluding hydrogens is 692 g/mol. The molecule has 16 nitrogen and oxygen atoms in total. The van der Waals surface area contributed by atoms with Crippen molar-refractivity contribution in [2.45, 2.75) is 18.9 Å². The first-order chi connectivity index (χ1) is 25.3. The second-order valence-electron chi connectivity index (χ2n) is 11.7. The smallest absolute Gasteiger partial charge is 0.331 e. The molecule has 2 aliphatic heterocycles. The summed E-state index contributed by atoms with van der Waals surface area (Å²) in [5.74, 6) is -5.47. The van der Waals surface area contributed by atoms with Gasteiger partial charge in [0.15, 0.2) is 0 Å². The van der Waals surface area contributed by atoms with E-state index in [4.69, 9.17) is 25.2 Å².